The summed E-state index contributed by atoms with van der Waals surface area (Å²) in [7, 11) is 0. The van der Waals surface area contributed by atoms with Crippen molar-refractivity contribution < 1.29 is 14.7 Å². The molecule has 4 nitrogen and oxygen atoms in total. The van der Waals surface area contributed by atoms with Crippen molar-refractivity contribution in [2.75, 3.05) is 0 Å². The van der Waals surface area contributed by atoms with Crippen LogP contribution in [0.3, 0.4) is 0 Å². The Bertz CT molecular complexity index is 384. The zero-order valence-electron chi connectivity index (χ0n) is 9.90. The number of rotatable bonds is 6. The first-order valence-corrected chi connectivity index (χ1v) is 5.72. The van der Waals surface area contributed by atoms with Crippen molar-refractivity contribution in [3.05, 3.63) is 35.4 Å². The van der Waals surface area contributed by atoms with E-state index in [-0.39, 0.29) is 11.5 Å². The molecule has 0 aliphatic carbocycles. The molecule has 0 spiro atoms. The molecule has 0 fully saturated rings. The van der Waals surface area contributed by atoms with Crippen LogP contribution in [0.25, 0.3) is 0 Å². The van der Waals surface area contributed by atoms with Gasteiger partial charge in [-0.3, -0.25) is 4.79 Å². The smallest absolute Gasteiger partial charge is 0.335 e. The number of unbranched alkanes of at least 4 members (excludes halogenated alkanes) is 1. The first-order valence-electron chi connectivity index (χ1n) is 5.72. The van der Waals surface area contributed by atoms with Crippen LogP contribution in [0.4, 0.5) is 0 Å². The highest BCUT2D eigenvalue weighted by Gasteiger charge is 2.03. The first-order chi connectivity index (χ1) is 8.13. The van der Waals surface area contributed by atoms with E-state index in [1.54, 1.807) is 12.1 Å². The topological polar surface area (TPSA) is 66.4 Å². The minimum absolute atomic E-state index is 0.0363. The average molecular weight is 235 g/mol. The second-order valence-corrected chi connectivity index (χ2v) is 3.88. The lowest BCUT2D eigenvalue weighted by atomic mass is 10.1. The third-order valence-corrected chi connectivity index (χ3v) is 2.45. The Morgan fingerprint density at radius 3 is 2.41 bits per heavy atom. The Kier molecular flexibility index (Phi) is 5.20. The first kappa shape index (κ1) is 13.2. The van der Waals surface area contributed by atoms with E-state index >= 15 is 0 Å². The summed E-state index contributed by atoms with van der Waals surface area (Å²) < 4.78 is 0. The molecule has 0 unspecified atom stereocenters. The van der Waals surface area contributed by atoms with E-state index in [9.17, 15) is 9.59 Å². The summed E-state index contributed by atoms with van der Waals surface area (Å²) in [5.74, 6) is -0.905. The minimum atomic E-state index is -0.941. The van der Waals surface area contributed by atoms with Crippen LogP contribution in [0.2, 0.25) is 0 Å². The number of hydrogen-bond donors (Lipinski definition) is 2. The summed E-state index contributed by atoms with van der Waals surface area (Å²) in [5.41, 5.74) is 1.16. The fourth-order valence-corrected chi connectivity index (χ4v) is 1.39. The van der Waals surface area contributed by atoms with Gasteiger partial charge in [0.2, 0.25) is 5.91 Å². The summed E-state index contributed by atoms with van der Waals surface area (Å²) in [4.78, 5) is 22.0. The molecule has 0 aliphatic rings. The molecule has 1 aromatic rings. The van der Waals surface area contributed by atoms with Crippen molar-refractivity contribution in [3.8, 4) is 0 Å². The fraction of sp³-hybridized carbons (Fsp3) is 0.385. The minimum Gasteiger partial charge on any atom is -0.478 e. The van der Waals surface area contributed by atoms with Crippen LogP contribution in [0.15, 0.2) is 24.3 Å². The lowest BCUT2D eigenvalue weighted by Gasteiger charge is -2.05. The Hall–Kier alpha value is -1.84. The van der Waals surface area contributed by atoms with Gasteiger partial charge in [-0.2, -0.15) is 0 Å². The Morgan fingerprint density at radius 1 is 1.24 bits per heavy atom. The van der Waals surface area contributed by atoms with E-state index in [4.69, 9.17) is 5.11 Å². The fourth-order valence-electron chi connectivity index (χ4n) is 1.39. The molecular formula is C13H17NO3. The van der Waals surface area contributed by atoms with Gasteiger partial charge < -0.3 is 10.4 Å². The molecular weight excluding hydrogens is 218 g/mol. The molecule has 0 bridgehead atoms. The molecule has 0 aromatic heterocycles. The van der Waals surface area contributed by atoms with Crippen molar-refractivity contribution in [1.82, 2.24) is 5.32 Å². The number of carboxylic acids is 1. The number of benzene rings is 1. The standard InChI is InChI=1S/C13H17NO3/c1-2-3-4-12(15)14-9-10-5-7-11(8-6-10)13(16)17/h5-8H,2-4,9H2,1H3,(H,14,15)(H,16,17). The van der Waals surface area contributed by atoms with Crippen LogP contribution in [-0.4, -0.2) is 17.0 Å². The lowest BCUT2D eigenvalue weighted by Crippen LogP contribution is -2.22. The largest absolute Gasteiger partial charge is 0.478 e. The van der Waals surface area contributed by atoms with Gasteiger partial charge in [-0.1, -0.05) is 25.5 Å². The molecule has 0 atom stereocenters. The summed E-state index contributed by atoms with van der Waals surface area (Å²) in [5, 5.41) is 11.5. The maximum Gasteiger partial charge on any atom is 0.335 e. The van der Waals surface area contributed by atoms with Gasteiger partial charge >= 0.3 is 5.97 Å². The van der Waals surface area contributed by atoms with Crippen LogP contribution < -0.4 is 5.32 Å². The number of nitrogens with one attached hydrogen (secondary N) is 1. The maximum atomic E-state index is 11.3. The van der Waals surface area contributed by atoms with Gasteiger partial charge in [0.05, 0.1) is 5.56 Å². The molecule has 0 aliphatic heterocycles. The SMILES string of the molecule is CCCCC(=O)NCc1ccc(C(=O)O)cc1. The normalized spacial score (nSPS) is 9.94. The van der Waals surface area contributed by atoms with Gasteiger partial charge in [-0.15, -0.1) is 0 Å². The number of hydrogen-bond acceptors (Lipinski definition) is 2. The van der Waals surface area contributed by atoms with Gasteiger partial charge in [0, 0.05) is 13.0 Å². The molecule has 0 radical (unpaired) electrons. The zero-order chi connectivity index (χ0) is 12.7. The molecule has 17 heavy (non-hydrogen) atoms. The monoisotopic (exact) mass is 235 g/mol. The highest BCUT2D eigenvalue weighted by Crippen LogP contribution is 2.04. The maximum absolute atomic E-state index is 11.3. The third-order valence-electron chi connectivity index (χ3n) is 2.45. The van der Waals surface area contributed by atoms with Crippen molar-refractivity contribution in [2.24, 2.45) is 0 Å². The summed E-state index contributed by atoms with van der Waals surface area (Å²) in [6, 6.07) is 6.50. The third kappa shape index (κ3) is 4.68. The van der Waals surface area contributed by atoms with E-state index in [1.165, 1.54) is 12.1 Å². The van der Waals surface area contributed by atoms with E-state index < -0.39 is 5.97 Å². The van der Waals surface area contributed by atoms with Crippen molar-refractivity contribution in [2.45, 2.75) is 32.7 Å². The quantitative estimate of drug-likeness (QED) is 0.794. The van der Waals surface area contributed by atoms with Gasteiger partial charge in [0.1, 0.15) is 0 Å². The number of carbonyl (C=O) groups is 2. The Balaban J connectivity index is 2.42. The van der Waals surface area contributed by atoms with Crippen LogP contribution >= 0.6 is 0 Å². The summed E-state index contributed by atoms with van der Waals surface area (Å²) in [6.07, 6.45) is 2.44. The summed E-state index contributed by atoms with van der Waals surface area (Å²) in [6.45, 7) is 2.49. The van der Waals surface area contributed by atoms with Gasteiger partial charge in [-0.25, -0.2) is 4.79 Å². The van der Waals surface area contributed by atoms with Crippen molar-refractivity contribution in [1.29, 1.82) is 0 Å². The molecule has 92 valence electrons. The van der Waals surface area contributed by atoms with Gasteiger partial charge in [-0.05, 0) is 24.1 Å². The van der Waals surface area contributed by atoms with Crippen molar-refractivity contribution >= 4 is 11.9 Å². The highest BCUT2D eigenvalue weighted by atomic mass is 16.4. The van der Waals surface area contributed by atoms with E-state index in [2.05, 4.69) is 5.32 Å². The van der Waals surface area contributed by atoms with E-state index in [0.29, 0.717) is 13.0 Å². The predicted molar refractivity (Wildman–Crippen MR) is 64.8 cm³/mol. The number of aromatic carboxylic acids is 1. The molecule has 1 aromatic carbocycles. The zero-order valence-corrected chi connectivity index (χ0v) is 9.90. The molecule has 0 saturated heterocycles. The van der Waals surface area contributed by atoms with Crippen LogP contribution in [-0.2, 0) is 11.3 Å². The second kappa shape index (κ2) is 6.68. The van der Waals surface area contributed by atoms with Gasteiger partial charge in [0.25, 0.3) is 0 Å². The molecule has 1 amide bonds. The molecule has 4 heteroatoms. The van der Waals surface area contributed by atoms with Crippen LogP contribution in [0.1, 0.15) is 42.1 Å². The van der Waals surface area contributed by atoms with E-state index in [0.717, 1.165) is 18.4 Å². The summed E-state index contributed by atoms with van der Waals surface area (Å²) >= 11 is 0. The van der Waals surface area contributed by atoms with E-state index in [1.807, 2.05) is 6.92 Å². The molecule has 0 saturated carbocycles. The van der Waals surface area contributed by atoms with Crippen molar-refractivity contribution in [3.63, 3.8) is 0 Å². The molecule has 1 rings (SSSR count). The van der Waals surface area contributed by atoms with Crippen LogP contribution in [0.5, 0.6) is 0 Å². The Labute approximate surface area is 101 Å². The second-order valence-electron chi connectivity index (χ2n) is 3.88. The predicted octanol–water partition coefficient (Wildman–Crippen LogP) is 2.19. The van der Waals surface area contributed by atoms with Gasteiger partial charge in [0.15, 0.2) is 0 Å². The Morgan fingerprint density at radius 2 is 1.88 bits per heavy atom. The number of carbonyl (C=O) groups excluding carboxylic acids is 1. The highest BCUT2D eigenvalue weighted by molar-refractivity contribution is 5.87. The lowest BCUT2D eigenvalue weighted by molar-refractivity contribution is -0.121. The molecule has 0 heterocycles. The average Bonchev–Trinajstić information content (AvgIpc) is 2.34. The number of carboxylic acid groups (broad SMARTS) is 1. The number of amides is 1. The van der Waals surface area contributed by atoms with Crippen LogP contribution in [0, 0.1) is 0 Å². The molecule has 2 N–H and O–H groups in total.